The number of aromatic nitrogens is 1. The van der Waals surface area contributed by atoms with Gasteiger partial charge in [-0.25, -0.2) is 0 Å². The van der Waals surface area contributed by atoms with Gasteiger partial charge in [-0.1, -0.05) is 0 Å². The fourth-order valence-corrected chi connectivity index (χ4v) is 2.23. The Balaban J connectivity index is 1.92. The van der Waals surface area contributed by atoms with Gasteiger partial charge in [0.2, 0.25) is 0 Å². The maximum absolute atomic E-state index is 13.3. The Labute approximate surface area is 133 Å². The van der Waals surface area contributed by atoms with E-state index >= 15 is 0 Å². The Morgan fingerprint density at radius 2 is 1.74 bits per heavy atom. The topological polar surface area (TPSA) is 40.6 Å². The minimum atomic E-state index is -4.52. The summed E-state index contributed by atoms with van der Waals surface area (Å²) in [5.41, 5.74) is -2.02. The summed E-state index contributed by atoms with van der Waals surface area (Å²) in [6, 6.07) is 0.958. The van der Waals surface area contributed by atoms with E-state index < -0.39 is 30.1 Å². The molecule has 1 aromatic heterocycles. The lowest BCUT2D eigenvalue weighted by atomic mass is 9.83. The van der Waals surface area contributed by atoms with Crippen LogP contribution in [0.25, 0.3) is 0 Å². The van der Waals surface area contributed by atoms with Crippen molar-refractivity contribution < 1.29 is 27.2 Å². The molecule has 4 nitrogen and oxygen atoms in total. The second kappa shape index (κ2) is 5.11. The molecule has 1 saturated carbocycles. The summed E-state index contributed by atoms with van der Waals surface area (Å²) >= 11 is 0. The van der Waals surface area contributed by atoms with Crippen molar-refractivity contribution >= 4 is 12.7 Å². The maximum atomic E-state index is 13.3. The highest BCUT2D eigenvalue weighted by atomic mass is 19.4. The largest absolute Gasteiger partial charge is 0.514 e. The minimum Gasteiger partial charge on any atom is -0.488 e. The van der Waals surface area contributed by atoms with Gasteiger partial charge in [-0.2, -0.15) is 13.2 Å². The summed E-state index contributed by atoms with van der Waals surface area (Å²) in [5, 5.41) is 0. The van der Waals surface area contributed by atoms with Crippen molar-refractivity contribution in [3.05, 3.63) is 17.8 Å². The zero-order valence-electron chi connectivity index (χ0n) is 13.5. The molecule has 0 radical (unpaired) electrons. The van der Waals surface area contributed by atoms with Gasteiger partial charge in [0.1, 0.15) is 11.3 Å². The molecule has 0 unspecified atom stereocenters. The first-order valence-corrected chi connectivity index (χ1v) is 7.59. The summed E-state index contributed by atoms with van der Waals surface area (Å²) in [6.07, 6.45) is -2.00. The molecule has 3 rings (SSSR count). The van der Waals surface area contributed by atoms with Gasteiger partial charge in [-0.05, 0) is 46.6 Å². The number of nitrogens with zero attached hydrogens (tertiary/aromatic N) is 1. The van der Waals surface area contributed by atoms with Crippen molar-refractivity contribution in [3.8, 4) is 5.75 Å². The highest BCUT2D eigenvalue weighted by Gasteiger charge is 2.53. The molecule has 1 aromatic rings. The molecule has 0 amide bonds. The minimum absolute atomic E-state index is 0.0964. The van der Waals surface area contributed by atoms with E-state index in [0.717, 1.165) is 25.1 Å². The third-order valence-corrected chi connectivity index (χ3v) is 4.51. The van der Waals surface area contributed by atoms with Crippen LogP contribution in [0.3, 0.4) is 0 Å². The van der Waals surface area contributed by atoms with E-state index in [4.69, 9.17) is 14.0 Å². The molecule has 0 N–H and O–H groups in total. The van der Waals surface area contributed by atoms with Crippen LogP contribution in [-0.2, 0) is 15.5 Å². The van der Waals surface area contributed by atoms with Crippen molar-refractivity contribution in [2.24, 2.45) is 0 Å². The standard InChI is InChI=1S/C15H19BF3NO3/c1-13(2)14(3,4)23-16(22-13)12-7-10(15(17,18)19)11(8-20-12)21-9-5-6-9/h7-9H,5-6H2,1-4H3. The van der Waals surface area contributed by atoms with Gasteiger partial charge in [0, 0.05) is 0 Å². The molecule has 1 aliphatic heterocycles. The van der Waals surface area contributed by atoms with E-state index in [-0.39, 0.29) is 17.4 Å². The highest BCUT2D eigenvalue weighted by Crippen LogP contribution is 2.39. The zero-order valence-corrected chi connectivity index (χ0v) is 13.5. The average Bonchev–Trinajstić information content (AvgIpc) is 3.16. The molecule has 0 bridgehead atoms. The van der Waals surface area contributed by atoms with Crippen molar-refractivity contribution in [3.63, 3.8) is 0 Å². The molecule has 0 atom stereocenters. The summed E-state index contributed by atoms with van der Waals surface area (Å²) in [4.78, 5) is 4.07. The van der Waals surface area contributed by atoms with Crippen LogP contribution in [-0.4, -0.2) is 29.4 Å². The van der Waals surface area contributed by atoms with E-state index in [0.29, 0.717) is 0 Å². The molecule has 23 heavy (non-hydrogen) atoms. The van der Waals surface area contributed by atoms with E-state index in [1.54, 1.807) is 0 Å². The monoisotopic (exact) mass is 329 g/mol. The van der Waals surface area contributed by atoms with Crippen LogP contribution in [0.2, 0.25) is 0 Å². The molecule has 1 saturated heterocycles. The molecule has 0 aromatic carbocycles. The third-order valence-electron chi connectivity index (χ3n) is 4.51. The van der Waals surface area contributed by atoms with Gasteiger partial charge < -0.3 is 14.0 Å². The first-order valence-electron chi connectivity index (χ1n) is 7.59. The van der Waals surface area contributed by atoms with E-state index in [2.05, 4.69) is 4.98 Å². The van der Waals surface area contributed by atoms with Gasteiger partial charge in [-0.3, -0.25) is 4.98 Å². The Bertz CT molecular complexity index is 598. The van der Waals surface area contributed by atoms with Crippen molar-refractivity contribution in [2.75, 3.05) is 0 Å². The molecule has 2 aliphatic rings. The van der Waals surface area contributed by atoms with E-state index in [1.165, 1.54) is 0 Å². The number of rotatable bonds is 3. The number of hydrogen-bond acceptors (Lipinski definition) is 4. The third kappa shape index (κ3) is 3.19. The lowest BCUT2D eigenvalue weighted by molar-refractivity contribution is -0.139. The van der Waals surface area contributed by atoms with Crippen LogP contribution in [0.5, 0.6) is 5.75 Å². The summed E-state index contributed by atoms with van der Waals surface area (Å²) in [5.74, 6) is -0.236. The summed E-state index contributed by atoms with van der Waals surface area (Å²) < 4.78 is 56.7. The number of ether oxygens (including phenoxy) is 1. The smallest absolute Gasteiger partial charge is 0.488 e. The Morgan fingerprint density at radius 1 is 1.17 bits per heavy atom. The SMILES string of the molecule is CC1(C)OB(c2cc(C(F)(F)F)c(OC3CC3)cn2)OC1(C)C. The molecular formula is C15H19BF3NO3. The van der Waals surface area contributed by atoms with E-state index in [9.17, 15) is 13.2 Å². The van der Waals surface area contributed by atoms with E-state index in [1.807, 2.05) is 27.7 Å². The molecule has 0 spiro atoms. The van der Waals surface area contributed by atoms with Gasteiger partial charge in [-0.15, -0.1) is 0 Å². The van der Waals surface area contributed by atoms with Crippen LogP contribution < -0.4 is 10.3 Å². The molecule has 2 fully saturated rings. The predicted octanol–water partition coefficient (Wildman–Crippen LogP) is 2.94. The fraction of sp³-hybridized carbons (Fsp3) is 0.667. The quantitative estimate of drug-likeness (QED) is 0.800. The number of hydrogen-bond donors (Lipinski definition) is 0. The van der Waals surface area contributed by atoms with Crippen LogP contribution in [0.4, 0.5) is 13.2 Å². The second-order valence-electron chi connectivity index (χ2n) is 7.01. The van der Waals surface area contributed by atoms with Crippen LogP contribution >= 0.6 is 0 Å². The van der Waals surface area contributed by atoms with Crippen molar-refractivity contribution in [1.82, 2.24) is 4.98 Å². The number of alkyl halides is 3. The van der Waals surface area contributed by atoms with Crippen molar-refractivity contribution in [2.45, 2.75) is 64.0 Å². The molecule has 126 valence electrons. The lowest BCUT2D eigenvalue weighted by Gasteiger charge is -2.32. The molecule has 1 aliphatic carbocycles. The zero-order chi connectivity index (χ0) is 17.0. The molecular weight excluding hydrogens is 310 g/mol. The fourth-order valence-electron chi connectivity index (χ4n) is 2.23. The second-order valence-corrected chi connectivity index (χ2v) is 7.01. The average molecular weight is 329 g/mol. The summed E-state index contributed by atoms with van der Waals surface area (Å²) in [7, 11) is -0.934. The molecule has 2 heterocycles. The van der Waals surface area contributed by atoms with Crippen LogP contribution in [0.15, 0.2) is 12.3 Å². The highest BCUT2D eigenvalue weighted by molar-refractivity contribution is 6.61. The van der Waals surface area contributed by atoms with Gasteiger partial charge in [0.15, 0.2) is 0 Å². The van der Waals surface area contributed by atoms with Crippen LogP contribution in [0, 0.1) is 0 Å². The van der Waals surface area contributed by atoms with Crippen molar-refractivity contribution in [1.29, 1.82) is 0 Å². The normalized spacial score (nSPS) is 23.2. The number of halogens is 3. The van der Waals surface area contributed by atoms with Gasteiger partial charge >= 0.3 is 13.3 Å². The summed E-state index contributed by atoms with van der Waals surface area (Å²) in [6.45, 7) is 7.34. The van der Waals surface area contributed by atoms with Gasteiger partial charge in [0.25, 0.3) is 0 Å². The van der Waals surface area contributed by atoms with Crippen LogP contribution in [0.1, 0.15) is 46.1 Å². The Morgan fingerprint density at radius 3 is 2.22 bits per heavy atom. The Kier molecular flexibility index (Phi) is 3.68. The Hall–Kier alpha value is -1.28. The number of pyridine rings is 1. The first-order chi connectivity index (χ1) is 10.5. The lowest BCUT2D eigenvalue weighted by Crippen LogP contribution is -2.41. The van der Waals surface area contributed by atoms with Gasteiger partial charge in [0.05, 0.1) is 29.1 Å². The maximum Gasteiger partial charge on any atom is 0.514 e. The molecule has 8 heteroatoms. The first kappa shape index (κ1) is 16.6. The predicted molar refractivity (Wildman–Crippen MR) is 78.6 cm³/mol.